The lowest BCUT2D eigenvalue weighted by Crippen LogP contribution is -2.59. The van der Waals surface area contributed by atoms with Crippen molar-refractivity contribution in [3.05, 3.63) is 23.8 Å². The predicted octanol–water partition coefficient (Wildman–Crippen LogP) is 3.68. The van der Waals surface area contributed by atoms with Gasteiger partial charge in [0.05, 0.1) is 5.57 Å². The van der Waals surface area contributed by atoms with Crippen molar-refractivity contribution in [1.82, 2.24) is 0 Å². The number of carbonyl (C=O) groups excluding carboxylic acids is 4. The van der Waals surface area contributed by atoms with E-state index in [1.165, 1.54) is 20.8 Å². The number of hydrogen-bond donors (Lipinski definition) is 0. The van der Waals surface area contributed by atoms with Crippen LogP contribution in [0.25, 0.3) is 0 Å². The largest absolute Gasteiger partial charge is 0.465 e. The van der Waals surface area contributed by atoms with Crippen molar-refractivity contribution in [3.63, 3.8) is 0 Å². The van der Waals surface area contributed by atoms with E-state index in [4.69, 9.17) is 18.9 Å². The molecule has 1 heterocycles. The topological polar surface area (TPSA) is 105 Å². The molecule has 2 fully saturated rings. The van der Waals surface area contributed by atoms with Gasteiger partial charge in [-0.1, -0.05) is 26.0 Å². The highest BCUT2D eigenvalue weighted by molar-refractivity contribution is 5.92. The maximum Gasteiger partial charge on any atom is 0.337 e. The molecule has 8 nitrogen and oxygen atoms in total. The zero-order chi connectivity index (χ0) is 25.3. The van der Waals surface area contributed by atoms with Gasteiger partial charge in [-0.15, -0.1) is 0 Å². The SMILES string of the molecule is C=C1CC[C@H]2[C@@](C)(COC(C)=O)[C@@H](OC(C)=O)CC[C@@]2(C)[C@H]1C[C@H](OC(C)=O)C1=CCOC1=O. The Morgan fingerprint density at radius 3 is 2.41 bits per heavy atom. The fourth-order valence-corrected chi connectivity index (χ4v) is 6.54. The van der Waals surface area contributed by atoms with E-state index in [0.717, 1.165) is 24.8 Å². The second-order valence-electron chi connectivity index (χ2n) is 10.3. The Morgan fingerprint density at radius 1 is 1.15 bits per heavy atom. The molecule has 0 N–H and O–H groups in total. The molecule has 0 aromatic carbocycles. The van der Waals surface area contributed by atoms with E-state index < -0.39 is 23.5 Å². The smallest absolute Gasteiger partial charge is 0.337 e. The maximum atomic E-state index is 12.3. The number of carbonyl (C=O) groups is 4. The number of fused-ring (bicyclic) bond motifs is 1. The molecule has 3 aliphatic rings. The minimum atomic E-state index is -0.726. The summed E-state index contributed by atoms with van der Waals surface area (Å²) in [5.74, 6) is -1.68. The molecular formula is C26H36O8. The maximum absolute atomic E-state index is 12.3. The van der Waals surface area contributed by atoms with Crippen LogP contribution in [0, 0.1) is 22.7 Å². The van der Waals surface area contributed by atoms with Gasteiger partial charge in [-0.3, -0.25) is 14.4 Å². The third kappa shape index (κ3) is 5.05. The standard InChI is InChI=1S/C26H36O8/c1-15-7-8-22-25(5,11-9-23(34-18(4)29)26(22,6)14-32-16(2)27)20(15)13-21(33-17(3)28)19-10-12-31-24(19)30/h10,20-23H,1,7-9,11-14H2,2-6H3/t20-,21-,22+,23-,25-,26+/m0/s1. The summed E-state index contributed by atoms with van der Waals surface area (Å²) in [5, 5.41) is 0. The molecule has 0 spiro atoms. The molecule has 0 unspecified atom stereocenters. The third-order valence-corrected chi connectivity index (χ3v) is 8.07. The van der Waals surface area contributed by atoms with Gasteiger partial charge in [0.25, 0.3) is 0 Å². The first kappa shape index (κ1) is 26.0. The van der Waals surface area contributed by atoms with Crippen molar-refractivity contribution in [2.75, 3.05) is 13.2 Å². The third-order valence-electron chi connectivity index (χ3n) is 8.07. The van der Waals surface area contributed by atoms with Gasteiger partial charge < -0.3 is 18.9 Å². The van der Waals surface area contributed by atoms with Crippen molar-refractivity contribution in [1.29, 1.82) is 0 Å². The van der Waals surface area contributed by atoms with Crippen LogP contribution < -0.4 is 0 Å². The fraction of sp³-hybridized carbons (Fsp3) is 0.692. The Labute approximate surface area is 201 Å². The second kappa shape index (κ2) is 9.92. The second-order valence-corrected chi connectivity index (χ2v) is 10.3. The summed E-state index contributed by atoms with van der Waals surface area (Å²) >= 11 is 0. The van der Waals surface area contributed by atoms with E-state index >= 15 is 0 Å². The van der Waals surface area contributed by atoms with E-state index in [9.17, 15) is 19.2 Å². The lowest BCUT2D eigenvalue weighted by molar-refractivity contribution is -0.192. The van der Waals surface area contributed by atoms with E-state index in [1.807, 2.05) is 6.92 Å². The first-order valence-electron chi connectivity index (χ1n) is 11.9. The summed E-state index contributed by atoms with van der Waals surface area (Å²) in [6, 6.07) is 0. The predicted molar refractivity (Wildman–Crippen MR) is 122 cm³/mol. The quantitative estimate of drug-likeness (QED) is 0.311. The lowest BCUT2D eigenvalue weighted by atomic mass is 9.46. The molecule has 3 rings (SSSR count). The first-order valence-corrected chi connectivity index (χ1v) is 11.9. The van der Waals surface area contributed by atoms with Crippen LogP contribution in [0.4, 0.5) is 0 Å². The van der Waals surface area contributed by atoms with Crippen molar-refractivity contribution in [3.8, 4) is 0 Å². The van der Waals surface area contributed by atoms with Gasteiger partial charge in [-0.25, -0.2) is 4.79 Å². The highest BCUT2D eigenvalue weighted by Gasteiger charge is 2.60. The fourth-order valence-electron chi connectivity index (χ4n) is 6.54. The van der Waals surface area contributed by atoms with Crippen LogP contribution in [-0.4, -0.2) is 49.3 Å². The molecule has 0 aromatic rings. The number of ether oxygens (including phenoxy) is 4. The van der Waals surface area contributed by atoms with Crippen molar-refractivity contribution in [2.24, 2.45) is 22.7 Å². The molecule has 1 aliphatic heterocycles. The zero-order valence-electron chi connectivity index (χ0n) is 20.8. The van der Waals surface area contributed by atoms with Crippen LogP contribution in [0.2, 0.25) is 0 Å². The molecular weight excluding hydrogens is 440 g/mol. The van der Waals surface area contributed by atoms with Crippen LogP contribution in [0.3, 0.4) is 0 Å². The highest BCUT2D eigenvalue weighted by atomic mass is 16.6. The number of allylic oxidation sites excluding steroid dienone is 1. The van der Waals surface area contributed by atoms with Crippen LogP contribution in [0.1, 0.15) is 66.7 Å². The van der Waals surface area contributed by atoms with Crippen molar-refractivity contribution in [2.45, 2.75) is 78.9 Å². The minimum absolute atomic E-state index is 0.0513. The minimum Gasteiger partial charge on any atom is -0.465 e. The van der Waals surface area contributed by atoms with Gasteiger partial charge in [-0.2, -0.15) is 0 Å². The van der Waals surface area contributed by atoms with Gasteiger partial charge in [0, 0.05) is 26.2 Å². The molecule has 2 saturated carbocycles. The Kier molecular flexibility index (Phi) is 7.58. The summed E-state index contributed by atoms with van der Waals surface area (Å²) < 4.78 is 21.9. The van der Waals surface area contributed by atoms with E-state index in [1.54, 1.807) is 6.08 Å². The average Bonchev–Trinajstić information content (AvgIpc) is 3.16. The molecule has 0 radical (unpaired) electrons. The normalized spacial score (nSPS) is 33.8. The summed E-state index contributed by atoms with van der Waals surface area (Å²) in [5.41, 5.74) is 0.530. The molecule has 188 valence electrons. The van der Waals surface area contributed by atoms with Crippen molar-refractivity contribution >= 4 is 23.9 Å². The van der Waals surface area contributed by atoms with E-state index in [0.29, 0.717) is 18.4 Å². The van der Waals surface area contributed by atoms with Gasteiger partial charge >= 0.3 is 23.9 Å². The molecule has 6 atom stereocenters. The van der Waals surface area contributed by atoms with Crippen LogP contribution >= 0.6 is 0 Å². The molecule has 0 saturated heterocycles. The van der Waals surface area contributed by atoms with Gasteiger partial charge in [0.1, 0.15) is 25.4 Å². The molecule has 2 aliphatic carbocycles. The van der Waals surface area contributed by atoms with E-state index in [2.05, 4.69) is 13.5 Å². The van der Waals surface area contributed by atoms with E-state index in [-0.39, 0.29) is 48.5 Å². The molecule has 8 heteroatoms. The molecule has 0 amide bonds. The molecule has 0 aromatic heterocycles. The Balaban J connectivity index is 1.96. The van der Waals surface area contributed by atoms with Crippen LogP contribution in [0.5, 0.6) is 0 Å². The summed E-state index contributed by atoms with van der Waals surface area (Å²) in [4.78, 5) is 47.7. The summed E-state index contributed by atoms with van der Waals surface area (Å²) in [7, 11) is 0. The van der Waals surface area contributed by atoms with Gasteiger partial charge in [0.2, 0.25) is 0 Å². The highest BCUT2D eigenvalue weighted by Crippen LogP contribution is 2.62. The molecule has 34 heavy (non-hydrogen) atoms. The number of esters is 4. The Bertz CT molecular complexity index is 904. The van der Waals surface area contributed by atoms with Crippen LogP contribution in [0.15, 0.2) is 23.8 Å². The first-order chi connectivity index (χ1) is 15.9. The summed E-state index contributed by atoms with van der Waals surface area (Å²) in [6.07, 6.45) is 3.89. The molecule has 0 bridgehead atoms. The van der Waals surface area contributed by atoms with Gasteiger partial charge in [0.15, 0.2) is 0 Å². The number of hydrogen-bond acceptors (Lipinski definition) is 8. The van der Waals surface area contributed by atoms with Gasteiger partial charge in [-0.05, 0) is 55.4 Å². The summed E-state index contributed by atoms with van der Waals surface area (Å²) in [6.45, 7) is 13.0. The Morgan fingerprint density at radius 2 is 1.85 bits per heavy atom. The Hall–Kier alpha value is -2.64. The average molecular weight is 477 g/mol. The lowest BCUT2D eigenvalue weighted by Gasteiger charge is -2.60. The monoisotopic (exact) mass is 476 g/mol. The van der Waals surface area contributed by atoms with Crippen molar-refractivity contribution < 1.29 is 38.1 Å². The van der Waals surface area contributed by atoms with Crippen LogP contribution in [-0.2, 0) is 38.1 Å². The number of cyclic esters (lactones) is 1. The number of rotatable bonds is 7. The zero-order valence-corrected chi connectivity index (χ0v) is 20.8.